The van der Waals surface area contributed by atoms with Crippen LogP contribution in [0.2, 0.25) is 6.82 Å². The van der Waals surface area contributed by atoms with Gasteiger partial charge in [0.1, 0.15) is 23.8 Å². The summed E-state index contributed by atoms with van der Waals surface area (Å²) >= 11 is 0. The fourth-order valence-electron chi connectivity index (χ4n) is 8.41. The molecule has 280 valence electrons. The average Bonchev–Trinajstić information content (AvgIpc) is 4.12. The molecule has 12 nitrogen and oxygen atoms in total. The van der Waals surface area contributed by atoms with Crippen LogP contribution in [-0.4, -0.2) is 99.9 Å². The number of fused-ring (bicyclic) bond motifs is 2. The molecule has 5 heterocycles. The number of urea groups is 1. The number of phenolic OH excluding ortho intramolecular Hbond substituents is 1. The summed E-state index contributed by atoms with van der Waals surface area (Å²) in [6, 6.07) is 32.6. The summed E-state index contributed by atoms with van der Waals surface area (Å²) in [7, 11) is -1.16. The van der Waals surface area contributed by atoms with E-state index in [-0.39, 0.29) is 39.0 Å². The molecule has 4 atom stereocenters. The normalized spacial score (nSPS) is 22.9. The van der Waals surface area contributed by atoms with Crippen LogP contribution in [0, 0.1) is 0 Å². The molecule has 0 saturated carbocycles. The number of carbonyl (C=O) groups is 1. The maximum Gasteiger partial charge on any atom is 0.431 e. The molecule has 0 radical (unpaired) electrons. The van der Waals surface area contributed by atoms with Crippen LogP contribution < -0.4 is 4.72 Å². The van der Waals surface area contributed by atoms with E-state index in [0.717, 1.165) is 33.2 Å². The molecule has 15 heteroatoms. The molecular weight excluding hydrogens is 695 g/mol. The predicted octanol–water partition coefficient (Wildman–Crippen LogP) is 4.80. The molecule has 0 bridgehead atoms. The zero-order valence-corrected chi connectivity index (χ0v) is 31.3. The van der Waals surface area contributed by atoms with Crippen molar-refractivity contribution >= 4 is 43.9 Å². The topological polar surface area (TPSA) is 129 Å². The Balaban J connectivity index is 1.17. The van der Waals surface area contributed by atoms with Crippen molar-refractivity contribution in [3.8, 4) is 5.75 Å². The van der Waals surface area contributed by atoms with E-state index in [1.165, 1.54) is 0 Å². The van der Waals surface area contributed by atoms with Crippen molar-refractivity contribution in [2.45, 2.75) is 76.7 Å². The number of phenols is 1. The van der Waals surface area contributed by atoms with Gasteiger partial charge in [0.2, 0.25) is 0 Å². The van der Waals surface area contributed by atoms with Crippen molar-refractivity contribution in [2.24, 2.45) is 0 Å². The van der Waals surface area contributed by atoms with Crippen molar-refractivity contribution in [1.29, 1.82) is 0 Å². The van der Waals surface area contributed by atoms with Gasteiger partial charge < -0.3 is 43.4 Å². The van der Waals surface area contributed by atoms with Crippen LogP contribution in [-0.2, 0) is 44.7 Å². The van der Waals surface area contributed by atoms with Gasteiger partial charge in [-0.25, -0.2) is 4.79 Å². The highest BCUT2D eigenvalue weighted by molar-refractivity contribution is 6.84. The summed E-state index contributed by atoms with van der Waals surface area (Å²) in [5.41, 5.74) is 4.64. The van der Waals surface area contributed by atoms with Crippen molar-refractivity contribution < 1.29 is 33.7 Å². The van der Waals surface area contributed by atoms with Crippen LogP contribution in [0.25, 0.3) is 10.9 Å². The highest BCUT2D eigenvalue weighted by Gasteiger charge is 2.56. The molecule has 1 aromatic heterocycles. The zero-order chi connectivity index (χ0) is 37.8. The van der Waals surface area contributed by atoms with Gasteiger partial charge in [0.15, 0.2) is 5.79 Å². The Bertz CT molecular complexity index is 2160. The van der Waals surface area contributed by atoms with Gasteiger partial charge in [-0.15, -0.1) is 0 Å². The zero-order valence-electron chi connectivity index (χ0n) is 31.3. The Morgan fingerprint density at radius 2 is 1.31 bits per heavy atom. The van der Waals surface area contributed by atoms with Crippen LogP contribution in [0.3, 0.4) is 0 Å². The molecule has 4 aliphatic rings. The fourth-order valence-corrected chi connectivity index (χ4v) is 8.41. The lowest BCUT2D eigenvalue weighted by atomic mass is 9.76. The third-order valence-corrected chi connectivity index (χ3v) is 11.0. The molecule has 0 unspecified atom stereocenters. The van der Waals surface area contributed by atoms with E-state index in [2.05, 4.69) is 30.3 Å². The number of anilines is 1. The Labute approximate surface area is 321 Å². The summed E-state index contributed by atoms with van der Waals surface area (Å²) < 4.78 is 28.8. The van der Waals surface area contributed by atoms with Gasteiger partial charge in [-0.05, 0) is 80.0 Å². The third-order valence-electron chi connectivity index (χ3n) is 11.0. The number of rotatable bonds is 12. The number of amides is 2. The first kappa shape index (κ1) is 35.9. The molecule has 55 heavy (non-hydrogen) atoms. The molecular formula is C40H44B3N5O7. The van der Waals surface area contributed by atoms with Gasteiger partial charge in [0.05, 0.1) is 30.6 Å². The first-order chi connectivity index (χ1) is 26.6. The van der Waals surface area contributed by atoms with Gasteiger partial charge in [-0.2, -0.15) is 5.10 Å². The fraction of sp³-hybridized carbons (Fsp3) is 0.350. The molecule has 4 aromatic carbocycles. The minimum absolute atomic E-state index is 0.141. The van der Waals surface area contributed by atoms with Crippen LogP contribution in [0.4, 0.5) is 10.6 Å². The van der Waals surface area contributed by atoms with Gasteiger partial charge in [-0.3, -0.25) is 4.59 Å². The molecule has 0 spiro atoms. The SMILES string of the molecule is CB(O)n1nc(N(B2CO2)B2CO2)c2cc(CN3C(=O)N(Cc4cccc(O)c4)[C@H](Cc4ccccc4)[C@@H]4OC(C)(C)O[C@H]4[C@H]3Cc3ccccc3)ccc21. The van der Waals surface area contributed by atoms with E-state index in [9.17, 15) is 10.1 Å². The van der Waals surface area contributed by atoms with Crippen LogP contribution >= 0.6 is 0 Å². The van der Waals surface area contributed by atoms with Gasteiger partial charge in [0.25, 0.3) is 0 Å². The monoisotopic (exact) mass is 739 g/mol. The lowest BCUT2D eigenvalue weighted by Gasteiger charge is -2.37. The summed E-state index contributed by atoms with van der Waals surface area (Å²) in [5.74, 6) is -0.0832. The molecule has 4 aliphatic heterocycles. The smallest absolute Gasteiger partial charge is 0.431 e. The van der Waals surface area contributed by atoms with Gasteiger partial charge in [-0.1, -0.05) is 78.9 Å². The molecule has 4 saturated heterocycles. The maximum atomic E-state index is 15.5. The third kappa shape index (κ3) is 7.35. The van der Waals surface area contributed by atoms with Crippen molar-refractivity contribution in [2.75, 3.05) is 17.7 Å². The number of nitrogens with zero attached hydrogens (tertiary/aromatic N) is 5. The second-order valence-electron chi connectivity index (χ2n) is 15.5. The van der Waals surface area contributed by atoms with Crippen LogP contribution in [0.15, 0.2) is 103 Å². The molecule has 2 N–H and O–H groups in total. The summed E-state index contributed by atoms with van der Waals surface area (Å²) in [6.45, 7) is 7.26. The van der Waals surface area contributed by atoms with E-state index < -0.39 is 37.1 Å². The summed E-state index contributed by atoms with van der Waals surface area (Å²) in [6.07, 6.45) is 0.173. The summed E-state index contributed by atoms with van der Waals surface area (Å²) in [5, 5.41) is 26.9. The minimum Gasteiger partial charge on any atom is -0.508 e. The number of aromatic nitrogens is 2. The van der Waals surface area contributed by atoms with E-state index in [4.69, 9.17) is 23.9 Å². The van der Waals surface area contributed by atoms with E-state index in [1.807, 2.05) is 83.0 Å². The second-order valence-corrected chi connectivity index (χ2v) is 15.5. The molecule has 2 amide bonds. The summed E-state index contributed by atoms with van der Waals surface area (Å²) in [4.78, 5) is 19.4. The van der Waals surface area contributed by atoms with Gasteiger partial charge in [0, 0.05) is 18.5 Å². The molecule has 5 aromatic rings. The quantitative estimate of drug-likeness (QED) is 0.137. The van der Waals surface area contributed by atoms with E-state index in [0.29, 0.717) is 31.7 Å². The predicted molar refractivity (Wildman–Crippen MR) is 211 cm³/mol. The lowest BCUT2D eigenvalue weighted by Crippen LogP contribution is -2.51. The standard InChI is InChI=1S/C40H44B3N5O7/c1-40(2)54-36-34(21-27-11-6-4-7-12-27)45(23-29-15-10-16-31(49)19-29)39(50)46(35(37(36)55-40)22-28-13-8-5-9-14-28)24-30-17-18-33-32(20-30)38(44-48(33)41(3)51)47(42-25-52-42)43-26-53-43/h4-20,34-37,49,51H,21-26H2,1-3H3/t34-,35-,36+,37+/m1/s1. The Hall–Kier alpha value is -4.79. The lowest BCUT2D eigenvalue weighted by molar-refractivity contribution is -0.157. The second kappa shape index (κ2) is 14.4. The van der Waals surface area contributed by atoms with Gasteiger partial charge >= 0.3 is 27.2 Å². The number of aromatic hydroxyl groups is 1. The first-order valence-corrected chi connectivity index (χ1v) is 19.1. The average molecular weight is 739 g/mol. The number of hydrogen-bond acceptors (Lipinski definition) is 9. The van der Waals surface area contributed by atoms with E-state index in [1.54, 1.807) is 29.6 Å². The highest BCUT2D eigenvalue weighted by Crippen LogP contribution is 2.41. The highest BCUT2D eigenvalue weighted by atomic mass is 16.8. The molecule has 9 rings (SSSR count). The Morgan fingerprint density at radius 1 is 0.782 bits per heavy atom. The number of benzene rings is 4. The Morgan fingerprint density at radius 3 is 1.82 bits per heavy atom. The van der Waals surface area contributed by atoms with Crippen molar-refractivity contribution in [1.82, 2.24) is 19.5 Å². The number of ether oxygens (including phenoxy) is 2. The molecule has 0 aliphatic carbocycles. The number of carbonyl (C=O) groups excluding carboxylic acids is 1. The Kier molecular flexibility index (Phi) is 9.38. The van der Waals surface area contributed by atoms with Crippen molar-refractivity contribution in [3.63, 3.8) is 0 Å². The number of hydrogen-bond donors (Lipinski definition) is 2. The van der Waals surface area contributed by atoms with Crippen molar-refractivity contribution in [3.05, 3.63) is 125 Å². The first-order valence-electron chi connectivity index (χ1n) is 19.1. The minimum atomic E-state index is -0.898. The van der Waals surface area contributed by atoms with Crippen LogP contribution in [0.1, 0.15) is 36.1 Å². The largest absolute Gasteiger partial charge is 0.508 e. The van der Waals surface area contributed by atoms with E-state index >= 15 is 4.79 Å². The van der Waals surface area contributed by atoms with Crippen LogP contribution in [0.5, 0.6) is 5.75 Å². The maximum absolute atomic E-state index is 15.5. The molecule has 4 fully saturated rings.